The van der Waals surface area contributed by atoms with E-state index < -0.39 is 36.0 Å². The summed E-state index contributed by atoms with van der Waals surface area (Å²) in [6, 6.07) is 14.8. The Morgan fingerprint density at radius 1 is 1.19 bits per heavy atom. The van der Waals surface area contributed by atoms with Crippen molar-refractivity contribution >= 4 is 11.9 Å². The number of hydrogen-bond acceptors (Lipinski definition) is 4. The van der Waals surface area contributed by atoms with E-state index in [1.807, 2.05) is 0 Å². The van der Waals surface area contributed by atoms with Gasteiger partial charge in [-0.1, -0.05) is 36.4 Å². The second-order valence-corrected chi connectivity index (χ2v) is 6.56. The highest BCUT2D eigenvalue weighted by molar-refractivity contribution is 6.04. The SMILES string of the molecule is O=C(NC1=N[C@@]2(c3ccccc3F)COC(CF)C2CO1)c1ccccc1. The van der Waals surface area contributed by atoms with E-state index in [0.29, 0.717) is 11.1 Å². The van der Waals surface area contributed by atoms with E-state index in [-0.39, 0.29) is 19.2 Å². The number of ether oxygens (including phenoxy) is 2. The van der Waals surface area contributed by atoms with Crippen molar-refractivity contribution in [3.8, 4) is 0 Å². The van der Waals surface area contributed by atoms with Crippen molar-refractivity contribution in [3.63, 3.8) is 0 Å². The number of fused-ring (bicyclic) bond motifs is 1. The van der Waals surface area contributed by atoms with Crippen LogP contribution >= 0.6 is 0 Å². The van der Waals surface area contributed by atoms with Crippen LogP contribution in [0.15, 0.2) is 59.6 Å². The number of amides is 1. The van der Waals surface area contributed by atoms with E-state index in [9.17, 15) is 13.6 Å². The van der Waals surface area contributed by atoms with Gasteiger partial charge in [0.25, 0.3) is 11.9 Å². The van der Waals surface area contributed by atoms with Gasteiger partial charge in [-0.15, -0.1) is 0 Å². The number of benzene rings is 2. The standard InChI is InChI=1S/C20H18F2N2O3/c21-10-17-15-11-26-19(23-18(25)13-6-2-1-3-7-13)24-20(15,12-27-17)14-8-4-5-9-16(14)22/h1-9,15,17H,10-12H2,(H,23,24,25)/t15?,17?,20-/m1/s1. The zero-order valence-electron chi connectivity index (χ0n) is 14.4. The van der Waals surface area contributed by atoms with Crippen LogP contribution in [0, 0.1) is 11.7 Å². The van der Waals surface area contributed by atoms with Crippen LogP contribution in [0.3, 0.4) is 0 Å². The Labute approximate surface area is 155 Å². The highest BCUT2D eigenvalue weighted by atomic mass is 19.1. The normalized spacial score (nSPS) is 26.7. The summed E-state index contributed by atoms with van der Waals surface area (Å²) in [4.78, 5) is 16.9. The van der Waals surface area contributed by atoms with E-state index in [1.165, 1.54) is 6.07 Å². The number of nitrogens with zero attached hydrogens (tertiary/aromatic N) is 1. The molecule has 5 nitrogen and oxygen atoms in total. The first-order chi connectivity index (χ1) is 13.1. The molecule has 3 atom stereocenters. The Bertz CT molecular complexity index is 875. The van der Waals surface area contributed by atoms with Gasteiger partial charge in [0.05, 0.1) is 25.2 Å². The molecule has 2 aliphatic rings. The molecule has 0 aliphatic carbocycles. The number of alkyl halides is 1. The van der Waals surface area contributed by atoms with Crippen LogP contribution in [-0.4, -0.2) is 37.9 Å². The van der Waals surface area contributed by atoms with E-state index in [4.69, 9.17) is 9.47 Å². The molecule has 2 unspecified atom stereocenters. The summed E-state index contributed by atoms with van der Waals surface area (Å²) >= 11 is 0. The number of halogens is 2. The lowest BCUT2D eigenvalue weighted by Gasteiger charge is -2.36. The smallest absolute Gasteiger partial charge is 0.292 e. The zero-order valence-corrected chi connectivity index (χ0v) is 14.4. The molecule has 2 aromatic rings. The fraction of sp³-hybridized carbons (Fsp3) is 0.300. The first kappa shape index (κ1) is 17.6. The Hall–Kier alpha value is -2.80. The Balaban J connectivity index is 1.70. The van der Waals surface area contributed by atoms with Gasteiger partial charge in [0.1, 0.15) is 18.0 Å². The molecule has 0 bridgehead atoms. The average molecular weight is 372 g/mol. The molecule has 2 heterocycles. The lowest BCUT2D eigenvalue weighted by molar-refractivity contribution is 0.0519. The summed E-state index contributed by atoms with van der Waals surface area (Å²) in [6.07, 6.45) is -0.736. The predicted molar refractivity (Wildman–Crippen MR) is 94.6 cm³/mol. The summed E-state index contributed by atoms with van der Waals surface area (Å²) in [5.74, 6) is -1.33. The quantitative estimate of drug-likeness (QED) is 0.901. The minimum atomic E-state index is -1.14. The minimum Gasteiger partial charge on any atom is -0.464 e. The van der Waals surface area contributed by atoms with E-state index >= 15 is 0 Å². The molecule has 2 aromatic carbocycles. The third-order valence-corrected chi connectivity index (χ3v) is 5.03. The predicted octanol–water partition coefficient (Wildman–Crippen LogP) is 2.82. The molecule has 4 rings (SSSR count). The molecule has 1 fully saturated rings. The van der Waals surface area contributed by atoms with Crippen molar-refractivity contribution in [3.05, 3.63) is 71.5 Å². The fourth-order valence-electron chi connectivity index (χ4n) is 3.63. The molecular weight excluding hydrogens is 354 g/mol. The first-order valence-electron chi connectivity index (χ1n) is 8.65. The lowest BCUT2D eigenvalue weighted by atomic mass is 9.78. The first-order valence-corrected chi connectivity index (χ1v) is 8.65. The summed E-state index contributed by atoms with van der Waals surface area (Å²) in [6.45, 7) is -0.635. The molecule has 2 aliphatic heterocycles. The number of aliphatic imine (C=N–C) groups is 1. The largest absolute Gasteiger partial charge is 0.464 e. The third-order valence-electron chi connectivity index (χ3n) is 5.03. The Kier molecular flexibility index (Phi) is 4.61. The highest BCUT2D eigenvalue weighted by Gasteiger charge is 2.55. The van der Waals surface area contributed by atoms with Crippen molar-refractivity contribution in [1.82, 2.24) is 5.32 Å². The number of rotatable bonds is 3. The third kappa shape index (κ3) is 3.08. The van der Waals surface area contributed by atoms with Crippen molar-refractivity contribution in [2.45, 2.75) is 11.6 Å². The molecule has 7 heteroatoms. The molecule has 0 aromatic heterocycles. The maximum Gasteiger partial charge on any atom is 0.292 e. The van der Waals surface area contributed by atoms with Crippen molar-refractivity contribution in [1.29, 1.82) is 0 Å². The fourth-order valence-corrected chi connectivity index (χ4v) is 3.63. The van der Waals surface area contributed by atoms with Gasteiger partial charge in [-0.3, -0.25) is 10.1 Å². The van der Waals surface area contributed by atoms with Crippen molar-refractivity contribution in [2.75, 3.05) is 19.9 Å². The topological polar surface area (TPSA) is 59.9 Å². The second kappa shape index (κ2) is 7.08. The van der Waals surface area contributed by atoms with Crippen LogP contribution in [0.25, 0.3) is 0 Å². The Morgan fingerprint density at radius 3 is 2.67 bits per heavy atom. The molecule has 1 N–H and O–H groups in total. The molecule has 1 saturated heterocycles. The average Bonchev–Trinajstić information content (AvgIpc) is 3.07. The molecule has 0 saturated carbocycles. The number of amidine groups is 1. The van der Waals surface area contributed by atoms with Gasteiger partial charge in [0, 0.05) is 11.1 Å². The molecule has 0 radical (unpaired) electrons. The highest BCUT2D eigenvalue weighted by Crippen LogP contribution is 2.46. The van der Waals surface area contributed by atoms with Gasteiger partial charge in [-0.05, 0) is 18.2 Å². The second-order valence-electron chi connectivity index (χ2n) is 6.56. The summed E-state index contributed by atoms with van der Waals surface area (Å²) in [5.41, 5.74) is -0.393. The molecule has 140 valence electrons. The molecule has 1 amide bonds. The van der Waals surface area contributed by atoms with Crippen molar-refractivity contribution in [2.24, 2.45) is 10.9 Å². The maximum atomic E-state index is 14.5. The number of hydrogen-bond donors (Lipinski definition) is 1. The van der Waals surface area contributed by atoms with Crippen LogP contribution in [0.5, 0.6) is 0 Å². The maximum absolute atomic E-state index is 14.5. The van der Waals surface area contributed by atoms with Gasteiger partial charge < -0.3 is 9.47 Å². The summed E-state index contributed by atoms with van der Waals surface area (Å²) in [7, 11) is 0. The van der Waals surface area contributed by atoms with Gasteiger partial charge in [0.15, 0.2) is 0 Å². The lowest BCUT2D eigenvalue weighted by Crippen LogP contribution is -2.48. The van der Waals surface area contributed by atoms with Gasteiger partial charge in [-0.25, -0.2) is 13.8 Å². The zero-order chi connectivity index (χ0) is 18.9. The van der Waals surface area contributed by atoms with Crippen LogP contribution in [-0.2, 0) is 15.0 Å². The van der Waals surface area contributed by atoms with Gasteiger partial charge in [0.2, 0.25) is 0 Å². The van der Waals surface area contributed by atoms with E-state index in [0.717, 1.165) is 0 Å². The molecule has 27 heavy (non-hydrogen) atoms. The van der Waals surface area contributed by atoms with Crippen LogP contribution < -0.4 is 5.32 Å². The Morgan fingerprint density at radius 2 is 1.93 bits per heavy atom. The monoisotopic (exact) mass is 372 g/mol. The van der Waals surface area contributed by atoms with Gasteiger partial charge in [-0.2, -0.15) is 0 Å². The van der Waals surface area contributed by atoms with Crippen LogP contribution in [0.4, 0.5) is 8.78 Å². The summed E-state index contributed by atoms with van der Waals surface area (Å²) < 4.78 is 39.0. The molecular formula is C20H18F2N2O3. The minimum absolute atomic E-state index is 0.0151. The van der Waals surface area contributed by atoms with E-state index in [2.05, 4.69) is 10.3 Å². The number of nitrogens with one attached hydrogen (secondary N) is 1. The number of carbonyl (C=O) groups is 1. The van der Waals surface area contributed by atoms with Crippen LogP contribution in [0.2, 0.25) is 0 Å². The number of carbonyl (C=O) groups excluding carboxylic acids is 1. The molecule has 0 spiro atoms. The van der Waals surface area contributed by atoms with E-state index in [1.54, 1.807) is 48.5 Å². The van der Waals surface area contributed by atoms with Crippen molar-refractivity contribution < 1.29 is 23.0 Å². The van der Waals surface area contributed by atoms with Gasteiger partial charge >= 0.3 is 0 Å². The summed E-state index contributed by atoms with van der Waals surface area (Å²) in [5, 5.41) is 2.61. The van der Waals surface area contributed by atoms with Crippen LogP contribution in [0.1, 0.15) is 15.9 Å².